The van der Waals surface area contributed by atoms with Gasteiger partial charge < -0.3 is 0 Å². The SMILES string of the molecule is CS(=O)(=O)c1ccc(C(=O)C2C(C(=O)c3ccc(S(C)(=O)=O)cc3)[C@H]3CC[C@@H]2C3)cc1. The van der Waals surface area contributed by atoms with E-state index in [0.717, 1.165) is 31.8 Å². The molecule has 0 radical (unpaired) electrons. The molecule has 2 aromatic carbocycles. The number of fused-ring (bicyclic) bond motifs is 2. The molecule has 0 aromatic heterocycles. The van der Waals surface area contributed by atoms with Gasteiger partial charge in [0.1, 0.15) is 0 Å². The van der Waals surface area contributed by atoms with E-state index in [1.165, 1.54) is 48.5 Å². The third kappa shape index (κ3) is 4.11. The van der Waals surface area contributed by atoms with E-state index >= 15 is 0 Å². The molecule has 4 atom stereocenters. The summed E-state index contributed by atoms with van der Waals surface area (Å²) in [4.78, 5) is 27.0. The molecule has 2 aliphatic rings. The van der Waals surface area contributed by atoms with Gasteiger partial charge in [-0.15, -0.1) is 0 Å². The lowest BCUT2D eigenvalue weighted by atomic mass is 9.72. The van der Waals surface area contributed by atoms with Crippen molar-refractivity contribution in [1.82, 2.24) is 0 Å². The molecule has 8 heteroatoms. The van der Waals surface area contributed by atoms with Gasteiger partial charge in [-0.1, -0.05) is 24.3 Å². The van der Waals surface area contributed by atoms with E-state index in [9.17, 15) is 26.4 Å². The first-order valence-electron chi connectivity index (χ1n) is 10.2. The number of rotatable bonds is 6. The Morgan fingerprint density at radius 1 is 0.645 bits per heavy atom. The van der Waals surface area contributed by atoms with Gasteiger partial charge in [0.25, 0.3) is 0 Å². The summed E-state index contributed by atoms with van der Waals surface area (Å²) in [5, 5.41) is 0. The summed E-state index contributed by atoms with van der Waals surface area (Å²) in [5.41, 5.74) is 0.824. The summed E-state index contributed by atoms with van der Waals surface area (Å²) >= 11 is 0. The Hall–Kier alpha value is -2.32. The molecule has 4 rings (SSSR count). The van der Waals surface area contributed by atoms with Crippen molar-refractivity contribution >= 4 is 31.2 Å². The molecule has 0 N–H and O–H groups in total. The average Bonchev–Trinajstić information content (AvgIpc) is 3.33. The van der Waals surface area contributed by atoms with Crippen molar-refractivity contribution in [3.05, 3.63) is 59.7 Å². The van der Waals surface area contributed by atoms with Crippen LogP contribution in [0.15, 0.2) is 58.3 Å². The van der Waals surface area contributed by atoms with Crippen LogP contribution in [-0.4, -0.2) is 40.9 Å². The Morgan fingerprint density at radius 3 is 1.26 bits per heavy atom. The van der Waals surface area contributed by atoms with Crippen molar-refractivity contribution in [3.8, 4) is 0 Å². The molecular weight excluding hydrogens is 436 g/mol. The monoisotopic (exact) mass is 460 g/mol. The van der Waals surface area contributed by atoms with Gasteiger partial charge in [0, 0.05) is 35.5 Å². The lowest BCUT2D eigenvalue weighted by Gasteiger charge is -2.29. The van der Waals surface area contributed by atoms with Gasteiger partial charge in [0.05, 0.1) is 9.79 Å². The second-order valence-corrected chi connectivity index (χ2v) is 12.7. The second-order valence-electron chi connectivity index (χ2n) is 8.71. The topological polar surface area (TPSA) is 102 Å². The Kier molecular flexibility index (Phi) is 5.42. The fourth-order valence-corrected chi connectivity index (χ4v) is 6.42. The van der Waals surface area contributed by atoms with Gasteiger partial charge in [-0.25, -0.2) is 16.8 Å². The first kappa shape index (κ1) is 21.9. The maximum absolute atomic E-state index is 13.3. The molecular formula is C23H24O6S2. The molecule has 2 fully saturated rings. The summed E-state index contributed by atoms with van der Waals surface area (Å²) in [6, 6.07) is 11.8. The lowest BCUT2D eigenvalue weighted by Crippen LogP contribution is -2.35. The van der Waals surface area contributed by atoms with Crippen LogP contribution in [0.2, 0.25) is 0 Å². The van der Waals surface area contributed by atoms with E-state index < -0.39 is 31.5 Å². The molecule has 0 spiro atoms. The third-order valence-corrected chi connectivity index (χ3v) is 8.91. The van der Waals surface area contributed by atoms with Crippen molar-refractivity contribution in [3.63, 3.8) is 0 Å². The van der Waals surface area contributed by atoms with E-state index in [-0.39, 0.29) is 33.2 Å². The highest BCUT2D eigenvalue weighted by Gasteiger charge is 2.53. The maximum atomic E-state index is 13.3. The van der Waals surface area contributed by atoms with E-state index in [4.69, 9.17) is 0 Å². The number of ketones is 2. The fraction of sp³-hybridized carbons (Fsp3) is 0.391. The van der Waals surface area contributed by atoms with E-state index in [0.29, 0.717) is 11.1 Å². The highest BCUT2D eigenvalue weighted by Crippen LogP contribution is 2.54. The quantitative estimate of drug-likeness (QED) is 0.614. The van der Waals surface area contributed by atoms with E-state index in [1.54, 1.807) is 0 Å². The Bertz CT molecular complexity index is 1140. The molecule has 0 saturated heterocycles. The van der Waals surface area contributed by atoms with Gasteiger partial charge >= 0.3 is 0 Å². The van der Waals surface area contributed by atoms with Gasteiger partial charge in [-0.3, -0.25) is 9.59 Å². The first-order valence-corrected chi connectivity index (χ1v) is 13.9. The third-order valence-electron chi connectivity index (χ3n) is 6.66. The molecule has 2 unspecified atom stereocenters. The molecule has 2 bridgehead atoms. The zero-order valence-electron chi connectivity index (χ0n) is 17.3. The van der Waals surface area contributed by atoms with Crippen LogP contribution < -0.4 is 0 Å². The van der Waals surface area contributed by atoms with E-state index in [2.05, 4.69) is 0 Å². The molecule has 2 aliphatic carbocycles. The van der Waals surface area contributed by atoms with Crippen LogP contribution >= 0.6 is 0 Å². The molecule has 2 aromatic rings. The van der Waals surface area contributed by atoms with Gasteiger partial charge in [0.15, 0.2) is 31.2 Å². The number of benzene rings is 2. The van der Waals surface area contributed by atoms with Crippen molar-refractivity contribution in [2.24, 2.45) is 23.7 Å². The molecule has 0 heterocycles. The number of Topliss-reactive ketones (excluding diaryl/α,β-unsaturated/α-hetero) is 2. The van der Waals surface area contributed by atoms with Crippen LogP contribution in [0, 0.1) is 23.7 Å². The zero-order chi connectivity index (χ0) is 22.6. The highest BCUT2D eigenvalue weighted by atomic mass is 32.2. The summed E-state index contributed by atoms with van der Waals surface area (Å²) in [6.07, 6.45) is 4.86. The number of sulfone groups is 2. The molecule has 0 aliphatic heterocycles. The normalized spacial score (nSPS) is 25.5. The predicted octanol–water partition coefficient (Wildman–Crippen LogP) is 3.22. The fourth-order valence-electron chi connectivity index (χ4n) is 5.16. The minimum Gasteiger partial charge on any atom is -0.294 e. The Morgan fingerprint density at radius 2 is 0.968 bits per heavy atom. The van der Waals surface area contributed by atoms with Crippen LogP contribution in [0.4, 0.5) is 0 Å². The predicted molar refractivity (Wildman–Crippen MR) is 116 cm³/mol. The van der Waals surface area contributed by atoms with Crippen LogP contribution in [-0.2, 0) is 19.7 Å². The number of carbonyl (C=O) groups is 2. The number of carbonyl (C=O) groups excluding carboxylic acids is 2. The van der Waals surface area contributed by atoms with Crippen molar-refractivity contribution in [2.45, 2.75) is 29.1 Å². The van der Waals surface area contributed by atoms with Gasteiger partial charge in [0.2, 0.25) is 0 Å². The summed E-state index contributed by atoms with van der Waals surface area (Å²) < 4.78 is 46.8. The standard InChI is InChI=1S/C23H24O6S2/c1-30(26,27)18-9-5-14(6-10-18)22(24)20-16-3-4-17(13-16)21(20)23(25)15-7-11-19(12-8-15)31(2,28)29/h5-12,16-17,20-21H,3-4,13H2,1-2H3/t16-,17+,20?,21?. The molecule has 0 amide bonds. The van der Waals surface area contributed by atoms with Crippen LogP contribution in [0.5, 0.6) is 0 Å². The smallest absolute Gasteiger partial charge is 0.175 e. The number of hydrogen-bond donors (Lipinski definition) is 0. The minimum absolute atomic E-state index is 0.127. The molecule has 6 nitrogen and oxygen atoms in total. The summed E-state index contributed by atoms with van der Waals surface area (Å²) in [7, 11) is -6.71. The minimum atomic E-state index is -3.36. The first-order chi connectivity index (χ1) is 14.5. The second kappa shape index (κ2) is 7.67. The van der Waals surface area contributed by atoms with Crippen LogP contribution in [0.3, 0.4) is 0 Å². The molecule has 2 saturated carbocycles. The molecule has 164 valence electrons. The average molecular weight is 461 g/mol. The summed E-state index contributed by atoms with van der Waals surface area (Å²) in [5.74, 6) is -0.862. The Labute approximate surface area is 182 Å². The maximum Gasteiger partial charge on any atom is 0.175 e. The highest BCUT2D eigenvalue weighted by molar-refractivity contribution is 7.91. The summed E-state index contributed by atoms with van der Waals surface area (Å²) in [6.45, 7) is 0. The number of hydrogen-bond acceptors (Lipinski definition) is 6. The zero-order valence-corrected chi connectivity index (χ0v) is 18.9. The van der Waals surface area contributed by atoms with Gasteiger partial charge in [-0.2, -0.15) is 0 Å². The van der Waals surface area contributed by atoms with Gasteiger partial charge in [-0.05, 0) is 55.4 Å². The van der Waals surface area contributed by atoms with Crippen molar-refractivity contribution < 1.29 is 26.4 Å². The Balaban J connectivity index is 1.63. The lowest BCUT2D eigenvalue weighted by molar-refractivity contribution is 0.0694. The van der Waals surface area contributed by atoms with Crippen molar-refractivity contribution in [2.75, 3.05) is 12.5 Å². The van der Waals surface area contributed by atoms with Crippen LogP contribution in [0.1, 0.15) is 40.0 Å². The van der Waals surface area contributed by atoms with Crippen LogP contribution in [0.25, 0.3) is 0 Å². The largest absolute Gasteiger partial charge is 0.294 e. The van der Waals surface area contributed by atoms with Crippen molar-refractivity contribution in [1.29, 1.82) is 0 Å². The molecule has 31 heavy (non-hydrogen) atoms. The van der Waals surface area contributed by atoms with E-state index in [1.807, 2.05) is 0 Å².